The van der Waals surface area contributed by atoms with Crippen LogP contribution in [-0.4, -0.2) is 18.6 Å². The van der Waals surface area contributed by atoms with Gasteiger partial charge in [-0.15, -0.1) is 0 Å². The van der Waals surface area contributed by atoms with E-state index in [-0.39, 0.29) is 0 Å². The summed E-state index contributed by atoms with van der Waals surface area (Å²) in [6.07, 6.45) is 0. The Balaban J connectivity index is 4.01. The van der Waals surface area contributed by atoms with Crippen LogP contribution in [0.25, 0.3) is 0 Å². The molecule has 0 aromatic rings. The molecule has 0 aromatic heterocycles. The number of halogens is 3. The fraction of sp³-hybridized carbons (Fsp3) is 0.600. The van der Waals surface area contributed by atoms with Crippen LogP contribution in [0.2, 0.25) is 19.6 Å². The average molecular weight is 278 g/mol. The van der Waals surface area contributed by atoms with Gasteiger partial charge in [0.05, 0.1) is 0 Å². The number of rotatable bonds is 2. The van der Waals surface area contributed by atoms with Crippen LogP contribution in [-0.2, 0) is 0 Å². The van der Waals surface area contributed by atoms with Gasteiger partial charge < -0.3 is 0 Å². The summed E-state index contributed by atoms with van der Waals surface area (Å²) in [5.41, 5.74) is 2.10. The van der Waals surface area contributed by atoms with Gasteiger partial charge in [-0.1, -0.05) is 0 Å². The first-order valence-electron chi connectivity index (χ1n) is 2.98. The zero-order valence-electron chi connectivity index (χ0n) is 6.29. The van der Waals surface area contributed by atoms with Gasteiger partial charge in [0.25, 0.3) is 0 Å². The topological polar surface area (TPSA) is 0 Å². The van der Waals surface area contributed by atoms with Crippen molar-refractivity contribution in [2.45, 2.75) is 19.6 Å². The molecule has 0 atom stereocenters. The van der Waals surface area contributed by atoms with E-state index in [2.05, 4.69) is 25.3 Å². The summed E-state index contributed by atoms with van der Waals surface area (Å²) < 4.78 is 0. The molecule has 0 amide bonds. The van der Waals surface area contributed by atoms with Gasteiger partial charge in [-0.3, -0.25) is 0 Å². The Morgan fingerprint density at radius 3 is 1.60 bits per heavy atom. The fourth-order valence-corrected chi connectivity index (χ4v) is 8.32. The molecule has 0 spiro atoms. The maximum atomic E-state index is 5.69. The predicted octanol–water partition coefficient (Wildman–Crippen LogP) is 3.61. The summed E-state index contributed by atoms with van der Waals surface area (Å²) in [5.74, 6) is 0. The average Bonchev–Trinajstić information content (AvgIpc) is 1.57. The summed E-state index contributed by atoms with van der Waals surface area (Å²) in [4.78, 5) is 1.82. The van der Waals surface area contributed by atoms with Crippen LogP contribution >= 0.6 is 30.0 Å². The Morgan fingerprint density at radius 2 is 1.50 bits per heavy atom. The second-order valence-corrected chi connectivity index (χ2v) is 23.6. The van der Waals surface area contributed by atoms with E-state index in [9.17, 15) is 0 Å². The summed E-state index contributed by atoms with van der Waals surface area (Å²) in [5, 5.41) is 0. The van der Waals surface area contributed by atoms with E-state index in [0.29, 0.717) is 0 Å². The molecule has 0 rings (SSSR count). The Hall–Kier alpha value is 1.37. The van der Waals surface area contributed by atoms with Crippen molar-refractivity contribution in [3.63, 3.8) is 0 Å². The molecule has 0 unspecified atom stereocenters. The van der Waals surface area contributed by atoms with Gasteiger partial charge in [0, 0.05) is 0 Å². The van der Waals surface area contributed by atoms with Gasteiger partial charge >= 0.3 is 78.8 Å². The first kappa shape index (κ1) is 11.4. The van der Waals surface area contributed by atoms with Crippen molar-refractivity contribution < 1.29 is 0 Å². The van der Waals surface area contributed by atoms with Crippen molar-refractivity contribution in [3.8, 4) is 0 Å². The maximum absolute atomic E-state index is 5.69. The van der Waals surface area contributed by atoms with Gasteiger partial charge in [-0.2, -0.15) is 0 Å². The van der Waals surface area contributed by atoms with Crippen molar-refractivity contribution in [1.29, 1.82) is 0 Å². The number of hydrogen-bond acceptors (Lipinski definition) is 0. The Morgan fingerprint density at radius 1 is 1.10 bits per heavy atom. The second kappa shape index (κ2) is 3.85. The Labute approximate surface area is 78.5 Å². The third-order valence-corrected chi connectivity index (χ3v) is 5.74. The molecule has 0 saturated heterocycles. The van der Waals surface area contributed by atoms with E-state index in [1.807, 2.05) is 4.91 Å². The molecule has 0 fully saturated rings. The summed E-state index contributed by atoms with van der Waals surface area (Å²) >= 11 is 0. The molecule has 0 radical (unpaired) electrons. The standard InChI is InChI=1S/C5H11Cl3GeSi/c1-10(2,3)5-4-9(6,7)8/h4-5H,1-3H3. The van der Waals surface area contributed by atoms with Crippen molar-refractivity contribution >= 4 is 48.6 Å². The van der Waals surface area contributed by atoms with Crippen LogP contribution in [0.3, 0.4) is 0 Å². The third kappa shape index (κ3) is 9.37. The quantitative estimate of drug-likeness (QED) is 0.677. The molecule has 0 heterocycles. The summed E-state index contributed by atoms with van der Waals surface area (Å²) in [6.45, 7) is 6.63. The van der Waals surface area contributed by atoms with Gasteiger partial charge in [0.15, 0.2) is 0 Å². The normalized spacial score (nSPS) is 14.6. The van der Waals surface area contributed by atoms with Crippen LogP contribution in [0, 0.1) is 0 Å². The molecule has 0 aliphatic carbocycles. The van der Waals surface area contributed by atoms with E-state index in [1.54, 1.807) is 0 Å². The molecule has 5 heteroatoms. The molecule has 0 saturated carbocycles. The summed E-state index contributed by atoms with van der Waals surface area (Å²) in [6, 6.07) is 0. The van der Waals surface area contributed by atoms with Crippen molar-refractivity contribution in [1.82, 2.24) is 0 Å². The van der Waals surface area contributed by atoms with Crippen LogP contribution in [0.1, 0.15) is 0 Å². The van der Waals surface area contributed by atoms with Crippen molar-refractivity contribution in [3.05, 3.63) is 10.6 Å². The van der Waals surface area contributed by atoms with E-state index in [1.165, 1.54) is 0 Å². The van der Waals surface area contributed by atoms with E-state index in [4.69, 9.17) is 30.0 Å². The molecule has 0 nitrogen and oxygen atoms in total. The minimum atomic E-state index is -2.94. The molecule has 0 aliphatic heterocycles. The first-order valence-corrected chi connectivity index (χ1v) is 16.0. The zero-order valence-corrected chi connectivity index (χ0v) is 11.7. The summed E-state index contributed by atoms with van der Waals surface area (Å²) in [7, 11) is 13.0. The SMILES string of the molecule is C[Si](C)(C)C=[CH][Ge]([Cl])([Cl])[Cl]. The molecule has 0 aliphatic rings. The monoisotopic (exact) mass is 278 g/mol. The molecule has 0 aromatic carbocycles. The van der Waals surface area contributed by atoms with E-state index in [0.717, 1.165) is 0 Å². The first-order chi connectivity index (χ1) is 4.21. The van der Waals surface area contributed by atoms with Crippen LogP contribution in [0.4, 0.5) is 0 Å². The van der Waals surface area contributed by atoms with Crippen LogP contribution in [0.5, 0.6) is 0 Å². The Kier molecular flexibility index (Phi) is 4.38. The molecule has 10 heavy (non-hydrogen) atoms. The van der Waals surface area contributed by atoms with Gasteiger partial charge in [0.1, 0.15) is 0 Å². The van der Waals surface area contributed by atoms with Crippen LogP contribution < -0.4 is 0 Å². The number of hydrogen-bond donors (Lipinski definition) is 0. The molecule has 60 valence electrons. The Bertz CT molecular complexity index is 117. The predicted molar refractivity (Wildman–Crippen MR) is 55.8 cm³/mol. The van der Waals surface area contributed by atoms with Gasteiger partial charge in [0.2, 0.25) is 0 Å². The fourth-order valence-electron chi connectivity index (χ4n) is 0.344. The van der Waals surface area contributed by atoms with E-state index < -0.39 is 18.6 Å². The zero-order chi connectivity index (χ0) is 8.41. The van der Waals surface area contributed by atoms with Gasteiger partial charge in [-0.25, -0.2) is 0 Å². The van der Waals surface area contributed by atoms with Crippen molar-refractivity contribution in [2.24, 2.45) is 0 Å². The van der Waals surface area contributed by atoms with Crippen LogP contribution in [0.15, 0.2) is 10.6 Å². The van der Waals surface area contributed by atoms with Crippen molar-refractivity contribution in [2.75, 3.05) is 0 Å². The third-order valence-electron chi connectivity index (χ3n) is 0.772. The minimum absolute atomic E-state index is 1.15. The van der Waals surface area contributed by atoms with E-state index >= 15 is 0 Å². The molecule has 0 N–H and O–H groups in total. The second-order valence-electron chi connectivity index (χ2n) is 3.24. The molecular weight excluding hydrogens is 267 g/mol. The molecule has 0 bridgehead atoms. The molecular formula is C5H11Cl3GeSi. The van der Waals surface area contributed by atoms with Gasteiger partial charge in [-0.05, 0) is 0 Å².